The Bertz CT molecular complexity index is 584. The van der Waals surface area contributed by atoms with Crippen molar-refractivity contribution >= 4 is 22.5 Å². The minimum Gasteiger partial charge on any atom is -0.389 e. The average Bonchev–Trinajstić information content (AvgIpc) is 2.54. The van der Waals surface area contributed by atoms with E-state index >= 15 is 0 Å². The molecule has 2 nitrogen and oxygen atoms in total. The van der Waals surface area contributed by atoms with E-state index in [0.717, 1.165) is 29.4 Å². The van der Waals surface area contributed by atoms with Gasteiger partial charge in [-0.1, -0.05) is 18.5 Å². The van der Waals surface area contributed by atoms with Crippen LogP contribution in [0.4, 0.5) is 0 Å². The fourth-order valence-corrected chi connectivity index (χ4v) is 2.88. The highest BCUT2D eigenvalue weighted by molar-refractivity contribution is 6.32. The van der Waals surface area contributed by atoms with E-state index in [1.54, 1.807) is 6.92 Å². The number of aliphatic hydroxyl groups excluding tert-OH is 1. The van der Waals surface area contributed by atoms with Crippen molar-refractivity contribution in [2.45, 2.75) is 46.8 Å². The lowest BCUT2D eigenvalue weighted by atomic mass is 10.0. The summed E-state index contributed by atoms with van der Waals surface area (Å²) < 4.78 is 2.10. The standard InChI is InChI=1S/C15H20ClNO/c1-5-6-17-13-8-10(3)9(2)7-12(13)14(11(4)18)15(17)16/h7-8,11,18H,5-6H2,1-4H3. The topological polar surface area (TPSA) is 25.2 Å². The zero-order valence-electron chi connectivity index (χ0n) is 11.4. The summed E-state index contributed by atoms with van der Waals surface area (Å²) in [6.07, 6.45) is 0.482. The second-order valence-corrected chi connectivity index (χ2v) is 5.34. The van der Waals surface area contributed by atoms with Gasteiger partial charge in [0.05, 0.1) is 6.10 Å². The molecule has 0 aliphatic rings. The summed E-state index contributed by atoms with van der Waals surface area (Å²) in [5.74, 6) is 0. The number of fused-ring (bicyclic) bond motifs is 1. The highest BCUT2D eigenvalue weighted by atomic mass is 35.5. The number of halogens is 1. The number of aryl methyl sites for hydroxylation is 3. The number of aromatic nitrogens is 1. The summed E-state index contributed by atoms with van der Waals surface area (Å²) in [4.78, 5) is 0. The molecule has 2 rings (SSSR count). The molecule has 0 saturated heterocycles. The van der Waals surface area contributed by atoms with Crippen LogP contribution in [0.3, 0.4) is 0 Å². The second-order valence-electron chi connectivity index (χ2n) is 4.99. The van der Waals surface area contributed by atoms with E-state index in [1.165, 1.54) is 11.1 Å². The minimum absolute atomic E-state index is 0.541. The zero-order chi connectivity index (χ0) is 13.4. The van der Waals surface area contributed by atoms with Crippen LogP contribution < -0.4 is 0 Å². The summed E-state index contributed by atoms with van der Waals surface area (Å²) >= 11 is 6.43. The lowest BCUT2D eigenvalue weighted by Gasteiger charge is -2.06. The van der Waals surface area contributed by atoms with E-state index in [1.807, 2.05) is 0 Å². The summed E-state index contributed by atoms with van der Waals surface area (Å²) in [5.41, 5.74) is 4.46. The van der Waals surface area contributed by atoms with E-state index in [4.69, 9.17) is 11.6 Å². The van der Waals surface area contributed by atoms with E-state index in [9.17, 15) is 5.11 Å². The van der Waals surface area contributed by atoms with Gasteiger partial charge in [-0.25, -0.2) is 0 Å². The first-order chi connectivity index (χ1) is 8.47. The van der Waals surface area contributed by atoms with Crippen molar-refractivity contribution in [1.29, 1.82) is 0 Å². The van der Waals surface area contributed by atoms with Gasteiger partial charge in [-0.3, -0.25) is 0 Å². The molecule has 98 valence electrons. The number of aliphatic hydroxyl groups is 1. The molecule has 18 heavy (non-hydrogen) atoms. The maximum absolute atomic E-state index is 9.95. The Hall–Kier alpha value is -0.990. The number of hydrogen-bond acceptors (Lipinski definition) is 1. The normalized spacial score (nSPS) is 13.2. The number of rotatable bonds is 3. The Morgan fingerprint density at radius 1 is 1.28 bits per heavy atom. The number of nitrogens with zero attached hydrogens (tertiary/aromatic N) is 1. The highest BCUT2D eigenvalue weighted by Crippen LogP contribution is 2.36. The SMILES string of the molecule is CCCn1c(Cl)c(C(C)O)c2cc(C)c(C)cc21. The fourth-order valence-electron chi connectivity index (χ4n) is 2.44. The maximum Gasteiger partial charge on any atom is 0.115 e. The van der Waals surface area contributed by atoms with Gasteiger partial charge in [0.1, 0.15) is 5.15 Å². The van der Waals surface area contributed by atoms with Crippen LogP contribution in [0, 0.1) is 13.8 Å². The van der Waals surface area contributed by atoms with Crippen LogP contribution >= 0.6 is 11.6 Å². The maximum atomic E-state index is 9.95. The van der Waals surface area contributed by atoms with Crippen molar-refractivity contribution in [3.05, 3.63) is 34.0 Å². The van der Waals surface area contributed by atoms with Crippen molar-refractivity contribution in [2.24, 2.45) is 0 Å². The Kier molecular flexibility index (Phi) is 3.69. The van der Waals surface area contributed by atoms with E-state index in [-0.39, 0.29) is 0 Å². The lowest BCUT2D eigenvalue weighted by Crippen LogP contribution is -1.97. The van der Waals surface area contributed by atoms with Gasteiger partial charge in [0.25, 0.3) is 0 Å². The first-order valence-electron chi connectivity index (χ1n) is 6.44. The molecule has 1 aromatic carbocycles. The Morgan fingerprint density at radius 2 is 1.89 bits per heavy atom. The molecule has 0 spiro atoms. The Morgan fingerprint density at radius 3 is 2.44 bits per heavy atom. The molecule has 2 aromatic rings. The van der Waals surface area contributed by atoms with E-state index < -0.39 is 6.10 Å². The van der Waals surface area contributed by atoms with Crippen molar-refractivity contribution < 1.29 is 5.11 Å². The molecule has 0 amide bonds. The summed E-state index contributed by atoms with van der Waals surface area (Å²) in [6.45, 7) is 8.97. The van der Waals surface area contributed by atoms with Gasteiger partial charge in [-0.2, -0.15) is 0 Å². The molecule has 0 radical (unpaired) electrons. The molecular weight excluding hydrogens is 246 g/mol. The van der Waals surface area contributed by atoms with Crippen LogP contribution in [0.5, 0.6) is 0 Å². The number of hydrogen-bond donors (Lipinski definition) is 1. The summed E-state index contributed by atoms with van der Waals surface area (Å²) in [7, 11) is 0. The molecule has 0 saturated carbocycles. The van der Waals surface area contributed by atoms with Crippen molar-refractivity contribution in [3.63, 3.8) is 0 Å². The summed E-state index contributed by atoms with van der Waals surface area (Å²) in [6, 6.07) is 4.29. The molecule has 1 unspecified atom stereocenters. The van der Waals surface area contributed by atoms with Gasteiger partial charge < -0.3 is 9.67 Å². The molecule has 3 heteroatoms. The van der Waals surface area contributed by atoms with Crippen LogP contribution in [0.2, 0.25) is 5.15 Å². The quantitative estimate of drug-likeness (QED) is 0.876. The first kappa shape index (κ1) is 13.4. The first-order valence-corrected chi connectivity index (χ1v) is 6.82. The average molecular weight is 266 g/mol. The predicted molar refractivity (Wildman–Crippen MR) is 77.3 cm³/mol. The van der Waals surface area contributed by atoms with Crippen molar-refractivity contribution in [2.75, 3.05) is 0 Å². The van der Waals surface area contributed by atoms with Crippen LogP contribution in [0.15, 0.2) is 12.1 Å². The molecule has 0 aliphatic heterocycles. The predicted octanol–water partition coefficient (Wildman–Crippen LogP) is 4.37. The molecule has 0 bridgehead atoms. The third kappa shape index (κ3) is 2.04. The Labute approximate surface area is 113 Å². The van der Waals surface area contributed by atoms with Gasteiger partial charge in [0.2, 0.25) is 0 Å². The van der Waals surface area contributed by atoms with Gasteiger partial charge in [-0.05, 0) is 50.5 Å². The number of benzene rings is 1. The van der Waals surface area contributed by atoms with Gasteiger partial charge in [0, 0.05) is 23.0 Å². The largest absolute Gasteiger partial charge is 0.389 e. The van der Waals surface area contributed by atoms with Crippen LogP contribution in [-0.2, 0) is 6.54 Å². The second kappa shape index (κ2) is 4.94. The molecule has 1 N–H and O–H groups in total. The molecule has 1 atom stereocenters. The third-order valence-corrected chi connectivity index (χ3v) is 3.92. The lowest BCUT2D eigenvalue weighted by molar-refractivity contribution is 0.200. The van der Waals surface area contributed by atoms with Gasteiger partial charge >= 0.3 is 0 Å². The van der Waals surface area contributed by atoms with Crippen LogP contribution in [0.25, 0.3) is 10.9 Å². The molecular formula is C15H20ClNO. The highest BCUT2D eigenvalue weighted by Gasteiger charge is 2.19. The van der Waals surface area contributed by atoms with Crippen LogP contribution in [-0.4, -0.2) is 9.67 Å². The van der Waals surface area contributed by atoms with E-state index in [2.05, 4.69) is 37.5 Å². The van der Waals surface area contributed by atoms with E-state index in [0.29, 0.717) is 5.15 Å². The molecule has 0 aliphatic carbocycles. The van der Waals surface area contributed by atoms with Crippen molar-refractivity contribution in [1.82, 2.24) is 4.57 Å². The fraction of sp³-hybridized carbons (Fsp3) is 0.467. The summed E-state index contributed by atoms with van der Waals surface area (Å²) in [5, 5.41) is 11.7. The van der Waals surface area contributed by atoms with Gasteiger partial charge in [-0.15, -0.1) is 0 Å². The smallest absolute Gasteiger partial charge is 0.115 e. The third-order valence-electron chi connectivity index (χ3n) is 3.52. The molecule has 1 heterocycles. The van der Waals surface area contributed by atoms with Gasteiger partial charge in [0.15, 0.2) is 0 Å². The van der Waals surface area contributed by atoms with Crippen molar-refractivity contribution in [3.8, 4) is 0 Å². The zero-order valence-corrected chi connectivity index (χ0v) is 12.2. The molecule has 0 fully saturated rings. The Balaban J connectivity index is 2.83. The minimum atomic E-state index is -0.541. The molecule has 1 aromatic heterocycles. The monoisotopic (exact) mass is 265 g/mol. The van der Waals surface area contributed by atoms with Crippen LogP contribution in [0.1, 0.15) is 43.1 Å².